The molecule has 1 aromatic rings. The minimum absolute atomic E-state index is 0.0208. The molecule has 3 nitrogen and oxygen atoms in total. The molecule has 1 amide bonds. The van der Waals surface area contributed by atoms with Crippen molar-refractivity contribution in [1.29, 1.82) is 0 Å². The van der Waals surface area contributed by atoms with Gasteiger partial charge in [0.2, 0.25) is 5.91 Å². The molecule has 0 unspecified atom stereocenters. The molecule has 1 aliphatic rings. The molecular formula is C14H18N2O. The van der Waals surface area contributed by atoms with Crippen LogP contribution >= 0.6 is 0 Å². The molecule has 0 spiro atoms. The molecule has 1 aliphatic carbocycles. The zero-order valence-corrected chi connectivity index (χ0v) is 10.3. The van der Waals surface area contributed by atoms with Gasteiger partial charge in [-0.3, -0.25) is 9.78 Å². The van der Waals surface area contributed by atoms with E-state index < -0.39 is 0 Å². The normalized spacial score (nSPS) is 17.6. The molecule has 1 fully saturated rings. The third kappa shape index (κ3) is 3.41. The molecular weight excluding hydrogens is 212 g/mol. The van der Waals surface area contributed by atoms with Crippen LogP contribution in [0.1, 0.15) is 38.4 Å². The van der Waals surface area contributed by atoms with Crippen molar-refractivity contribution in [1.82, 2.24) is 10.3 Å². The van der Waals surface area contributed by atoms with Gasteiger partial charge in [-0.1, -0.05) is 11.6 Å². The Morgan fingerprint density at radius 1 is 1.53 bits per heavy atom. The van der Waals surface area contributed by atoms with Gasteiger partial charge >= 0.3 is 0 Å². The predicted molar refractivity (Wildman–Crippen MR) is 67.3 cm³/mol. The summed E-state index contributed by atoms with van der Waals surface area (Å²) >= 11 is 0. The Kier molecular flexibility index (Phi) is 3.57. The number of rotatable bonds is 4. The van der Waals surface area contributed by atoms with E-state index in [2.05, 4.69) is 10.3 Å². The summed E-state index contributed by atoms with van der Waals surface area (Å²) in [5.74, 6) is 0.624. The Labute approximate surface area is 102 Å². The lowest BCUT2D eigenvalue weighted by molar-refractivity contribution is -0.117. The maximum absolute atomic E-state index is 11.8. The van der Waals surface area contributed by atoms with Gasteiger partial charge in [-0.2, -0.15) is 0 Å². The van der Waals surface area contributed by atoms with Crippen LogP contribution in [-0.2, 0) is 4.79 Å². The van der Waals surface area contributed by atoms with E-state index in [9.17, 15) is 4.79 Å². The van der Waals surface area contributed by atoms with E-state index >= 15 is 0 Å². The number of nitrogens with one attached hydrogen (secondary N) is 1. The molecule has 1 N–H and O–H groups in total. The van der Waals surface area contributed by atoms with Gasteiger partial charge in [0.05, 0.1) is 11.7 Å². The summed E-state index contributed by atoms with van der Waals surface area (Å²) in [4.78, 5) is 16.0. The van der Waals surface area contributed by atoms with Crippen molar-refractivity contribution in [2.45, 2.75) is 32.7 Å². The lowest BCUT2D eigenvalue weighted by atomic mass is 10.1. The van der Waals surface area contributed by atoms with Crippen molar-refractivity contribution < 1.29 is 4.79 Å². The first-order valence-corrected chi connectivity index (χ1v) is 6.06. The summed E-state index contributed by atoms with van der Waals surface area (Å²) in [6.45, 7) is 3.98. The third-order valence-corrected chi connectivity index (χ3v) is 3.07. The number of amides is 1. The zero-order chi connectivity index (χ0) is 12.3. The van der Waals surface area contributed by atoms with Crippen molar-refractivity contribution >= 4 is 5.91 Å². The highest BCUT2D eigenvalue weighted by Gasteiger charge is 2.23. The molecule has 17 heavy (non-hydrogen) atoms. The van der Waals surface area contributed by atoms with Crippen LogP contribution in [0.25, 0.3) is 0 Å². The largest absolute Gasteiger partial charge is 0.344 e. The summed E-state index contributed by atoms with van der Waals surface area (Å²) in [7, 11) is 0. The third-order valence-electron chi connectivity index (χ3n) is 3.07. The smallest absolute Gasteiger partial charge is 0.244 e. The van der Waals surface area contributed by atoms with E-state index in [-0.39, 0.29) is 11.9 Å². The maximum Gasteiger partial charge on any atom is 0.244 e. The highest BCUT2D eigenvalue weighted by Crippen LogP contribution is 2.35. The van der Waals surface area contributed by atoms with Gasteiger partial charge < -0.3 is 5.32 Å². The molecule has 1 aromatic heterocycles. The first kappa shape index (κ1) is 11.8. The van der Waals surface area contributed by atoms with Gasteiger partial charge in [-0.25, -0.2) is 0 Å². The molecule has 1 heterocycles. The van der Waals surface area contributed by atoms with Crippen LogP contribution in [0.2, 0.25) is 0 Å². The molecule has 0 saturated heterocycles. The van der Waals surface area contributed by atoms with Gasteiger partial charge in [-0.15, -0.1) is 0 Å². The quantitative estimate of drug-likeness (QED) is 0.808. The Morgan fingerprint density at radius 3 is 2.88 bits per heavy atom. The second-order valence-electron chi connectivity index (χ2n) is 4.65. The van der Waals surface area contributed by atoms with Crippen LogP contribution in [0.5, 0.6) is 0 Å². The van der Waals surface area contributed by atoms with Crippen molar-refractivity contribution in [3.05, 3.63) is 41.7 Å². The minimum atomic E-state index is -0.0491. The molecule has 0 radical (unpaired) electrons. The van der Waals surface area contributed by atoms with Crippen molar-refractivity contribution in [3.63, 3.8) is 0 Å². The monoisotopic (exact) mass is 230 g/mol. The maximum atomic E-state index is 11.8. The second-order valence-corrected chi connectivity index (χ2v) is 4.65. The number of pyridine rings is 1. The SMILES string of the molecule is C/C(=C\C(=O)N[C@H](C)c1ccccn1)C1CC1. The molecule has 90 valence electrons. The van der Waals surface area contributed by atoms with Gasteiger partial charge in [0.25, 0.3) is 0 Å². The average molecular weight is 230 g/mol. The van der Waals surface area contributed by atoms with E-state index in [0.717, 1.165) is 5.69 Å². The van der Waals surface area contributed by atoms with E-state index in [4.69, 9.17) is 0 Å². The van der Waals surface area contributed by atoms with E-state index in [1.54, 1.807) is 12.3 Å². The van der Waals surface area contributed by atoms with Crippen LogP contribution in [-0.4, -0.2) is 10.9 Å². The molecule has 0 aromatic carbocycles. The van der Waals surface area contributed by atoms with Gasteiger partial charge in [0.15, 0.2) is 0 Å². The number of hydrogen-bond acceptors (Lipinski definition) is 2. The topological polar surface area (TPSA) is 42.0 Å². The van der Waals surface area contributed by atoms with Gasteiger partial charge in [0, 0.05) is 12.3 Å². The van der Waals surface area contributed by atoms with Gasteiger partial charge in [-0.05, 0) is 44.7 Å². The summed E-state index contributed by atoms with van der Waals surface area (Å²) in [5.41, 5.74) is 2.08. The van der Waals surface area contributed by atoms with Crippen LogP contribution in [0.3, 0.4) is 0 Å². The van der Waals surface area contributed by atoms with Crippen LogP contribution < -0.4 is 5.32 Å². The number of aromatic nitrogens is 1. The van der Waals surface area contributed by atoms with Crippen LogP contribution in [0, 0.1) is 5.92 Å². The number of nitrogens with zero attached hydrogens (tertiary/aromatic N) is 1. The molecule has 1 atom stereocenters. The minimum Gasteiger partial charge on any atom is -0.344 e. The second kappa shape index (κ2) is 5.13. The first-order chi connectivity index (χ1) is 8.16. The van der Waals surface area contributed by atoms with E-state index in [1.165, 1.54) is 18.4 Å². The summed E-state index contributed by atoms with van der Waals surface area (Å²) in [6, 6.07) is 5.67. The molecule has 2 rings (SSSR count). The lowest BCUT2D eigenvalue weighted by Crippen LogP contribution is -2.25. The standard InChI is InChI=1S/C14H18N2O/c1-10(12-6-7-12)9-14(17)16-11(2)13-5-3-4-8-15-13/h3-5,8-9,11-12H,6-7H2,1-2H3,(H,16,17)/b10-9+/t11-/m1/s1. The molecule has 0 aliphatic heterocycles. The van der Waals surface area contributed by atoms with Crippen LogP contribution in [0.15, 0.2) is 36.0 Å². The van der Waals surface area contributed by atoms with Crippen molar-refractivity contribution in [2.24, 2.45) is 5.92 Å². The number of hydrogen-bond donors (Lipinski definition) is 1. The zero-order valence-electron chi connectivity index (χ0n) is 10.3. The first-order valence-electron chi connectivity index (χ1n) is 6.06. The fourth-order valence-corrected chi connectivity index (χ4v) is 1.82. The van der Waals surface area contributed by atoms with E-state index in [1.807, 2.05) is 32.0 Å². The van der Waals surface area contributed by atoms with Crippen molar-refractivity contribution in [2.75, 3.05) is 0 Å². The summed E-state index contributed by atoms with van der Waals surface area (Å²) < 4.78 is 0. The number of carbonyl (C=O) groups excluding carboxylic acids is 1. The average Bonchev–Trinajstić information content (AvgIpc) is 3.13. The fraction of sp³-hybridized carbons (Fsp3) is 0.429. The highest BCUT2D eigenvalue weighted by atomic mass is 16.1. The Balaban J connectivity index is 1.92. The highest BCUT2D eigenvalue weighted by molar-refractivity contribution is 5.88. The number of carbonyl (C=O) groups is 1. The van der Waals surface area contributed by atoms with Gasteiger partial charge in [0.1, 0.15) is 0 Å². The molecule has 0 bridgehead atoms. The van der Waals surface area contributed by atoms with E-state index in [0.29, 0.717) is 5.92 Å². The molecule has 1 saturated carbocycles. The van der Waals surface area contributed by atoms with Crippen LogP contribution in [0.4, 0.5) is 0 Å². The number of allylic oxidation sites excluding steroid dienone is 1. The predicted octanol–water partition coefficient (Wildman–Crippen LogP) is 2.62. The summed E-state index contributed by atoms with van der Waals surface area (Å²) in [5, 5.41) is 2.93. The Morgan fingerprint density at radius 2 is 2.29 bits per heavy atom. The Bertz CT molecular complexity index is 421. The summed E-state index contributed by atoms with van der Waals surface area (Å²) in [6.07, 6.45) is 5.91. The molecule has 3 heteroatoms. The fourth-order valence-electron chi connectivity index (χ4n) is 1.82. The lowest BCUT2D eigenvalue weighted by Gasteiger charge is -2.11. The van der Waals surface area contributed by atoms with Crippen molar-refractivity contribution in [3.8, 4) is 0 Å². The Hall–Kier alpha value is -1.64.